The Bertz CT molecular complexity index is 379. The molecule has 0 heterocycles. The second kappa shape index (κ2) is 3.13. The molecule has 0 atom stereocenters. The number of rotatable bonds is 1. The van der Waals surface area contributed by atoms with Crippen molar-refractivity contribution < 1.29 is 9.18 Å². The Morgan fingerprint density at radius 2 is 2.00 bits per heavy atom. The number of halogens is 1. The van der Waals surface area contributed by atoms with Crippen LogP contribution in [0.3, 0.4) is 0 Å². The molecule has 1 saturated carbocycles. The van der Waals surface area contributed by atoms with Gasteiger partial charge in [-0.3, -0.25) is 4.79 Å². The Labute approximate surface area is 75.9 Å². The summed E-state index contributed by atoms with van der Waals surface area (Å²) in [6.07, 6.45) is 3.04. The van der Waals surface area contributed by atoms with Crippen molar-refractivity contribution >= 4 is 11.9 Å². The molecular formula is C11H9FO. The average molecular weight is 176 g/mol. The second-order valence-electron chi connectivity index (χ2n) is 3.11. The highest BCUT2D eigenvalue weighted by Gasteiger charge is 2.19. The molecule has 0 spiro atoms. The van der Waals surface area contributed by atoms with E-state index < -0.39 is 0 Å². The van der Waals surface area contributed by atoms with Gasteiger partial charge in [-0.15, -0.1) is 0 Å². The molecule has 0 aromatic heterocycles. The van der Waals surface area contributed by atoms with E-state index in [-0.39, 0.29) is 11.6 Å². The fourth-order valence-electron chi connectivity index (χ4n) is 1.30. The first-order valence-corrected chi connectivity index (χ1v) is 4.25. The molecule has 0 aliphatic heterocycles. The summed E-state index contributed by atoms with van der Waals surface area (Å²) in [5.41, 5.74) is 1.25. The number of allylic oxidation sites excluding steroid dienone is 1. The lowest BCUT2D eigenvalue weighted by Crippen LogP contribution is -2.13. The van der Waals surface area contributed by atoms with Crippen molar-refractivity contribution in [3.8, 4) is 0 Å². The summed E-state index contributed by atoms with van der Waals surface area (Å²) < 4.78 is 13.1. The maximum atomic E-state index is 13.1. The van der Waals surface area contributed by atoms with Crippen LogP contribution in [0.15, 0.2) is 29.8 Å². The molecular weight excluding hydrogens is 167 g/mol. The first-order chi connectivity index (χ1) is 6.27. The zero-order valence-corrected chi connectivity index (χ0v) is 7.09. The minimum Gasteiger partial charge on any atom is -0.295 e. The Morgan fingerprint density at radius 3 is 2.54 bits per heavy atom. The normalized spacial score (nSPS) is 18.8. The largest absolute Gasteiger partial charge is 0.295 e. The molecule has 0 amide bonds. The summed E-state index contributed by atoms with van der Waals surface area (Å²) in [4.78, 5) is 11.0. The zero-order valence-electron chi connectivity index (χ0n) is 7.09. The monoisotopic (exact) mass is 176 g/mol. The molecule has 0 N–H and O–H groups in total. The van der Waals surface area contributed by atoms with Crippen molar-refractivity contribution in [3.63, 3.8) is 0 Å². The number of carbonyl (C=O) groups excluding carboxylic acids is 1. The first-order valence-electron chi connectivity index (χ1n) is 4.25. The first kappa shape index (κ1) is 8.17. The molecule has 0 unspecified atom stereocenters. The minimum absolute atomic E-state index is 0.142. The van der Waals surface area contributed by atoms with Gasteiger partial charge >= 0.3 is 0 Å². The van der Waals surface area contributed by atoms with Crippen molar-refractivity contribution in [1.82, 2.24) is 0 Å². The summed E-state index contributed by atoms with van der Waals surface area (Å²) in [7, 11) is 0. The van der Waals surface area contributed by atoms with Crippen molar-refractivity contribution in [2.45, 2.75) is 12.8 Å². The van der Waals surface area contributed by atoms with Crippen LogP contribution in [-0.2, 0) is 4.79 Å². The summed E-state index contributed by atoms with van der Waals surface area (Å²) in [5, 5.41) is 0. The highest BCUT2D eigenvalue weighted by molar-refractivity contribution is 6.05. The van der Waals surface area contributed by atoms with Gasteiger partial charge in [-0.1, -0.05) is 18.2 Å². The van der Waals surface area contributed by atoms with Crippen LogP contribution in [0.25, 0.3) is 6.08 Å². The molecule has 1 aliphatic carbocycles. The summed E-state index contributed by atoms with van der Waals surface area (Å²) in [6, 6.07) is 6.47. The van der Waals surface area contributed by atoms with Crippen LogP contribution in [0.5, 0.6) is 0 Å². The zero-order chi connectivity index (χ0) is 9.26. The van der Waals surface area contributed by atoms with Gasteiger partial charge in [0.25, 0.3) is 0 Å². The van der Waals surface area contributed by atoms with Crippen molar-refractivity contribution in [1.29, 1.82) is 0 Å². The smallest absolute Gasteiger partial charge is 0.159 e. The standard InChI is InChI=1S/C11H9FO/c12-10-4-2-1-3-8(10)7-9-5-6-11(9)13/h1-4,7H,5-6H2/b9-7+. The summed E-state index contributed by atoms with van der Waals surface area (Å²) >= 11 is 0. The molecule has 0 saturated heterocycles. The predicted molar refractivity (Wildman–Crippen MR) is 48.6 cm³/mol. The molecule has 1 aromatic rings. The lowest BCUT2D eigenvalue weighted by molar-refractivity contribution is -0.118. The fraction of sp³-hybridized carbons (Fsp3) is 0.182. The van der Waals surface area contributed by atoms with E-state index >= 15 is 0 Å². The lowest BCUT2D eigenvalue weighted by Gasteiger charge is -2.14. The van der Waals surface area contributed by atoms with E-state index in [4.69, 9.17) is 0 Å². The van der Waals surface area contributed by atoms with Gasteiger partial charge in [0, 0.05) is 12.0 Å². The van der Waals surface area contributed by atoms with E-state index in [2.05, 4.69) is 0 Å². The minimum atomic E-state index is -0.269. The Morgan fingerprint density at radius 1 is 1.23 bits per heavy atom. The van der Waals surface area contributed by atoms with Gasteiger partial charge in [0.2, 0.25) is 0 Å². The van der Waals surface area contributed by atoms with Gasteiger partial charge in [-0.25, -0.2) is 4.39 Å². The van der Waals surface area contributed by atoms with E-state index in [0.29, 0.717) is 12.0 Å². The molecule has 1 aliphatic rings. The third-order valence-corrected chi connectivity index (χ3v) is 2.21. The number of hydrogen-bond donors (Lipinski definition) is 0. The SMILES string of the molecule is O=C1CC/C1=C\c1ccccc1F. The molecule has 66 valence electrons. The van der Waals surface area contributed by atoms with Crippen LogP contribution in [0, 0.1) is 5.82 Å². The molecule has 2 heteroatoms. The number of Topliss-reactive ketones (excluding diaryl/α,β-unsaturated/α-hetero) is 1. The highest BCUT2D eigenvalue weighted by atomic mass is 19.1. The summed E-state index contributed by atoms with van der Waals surface area (Å²) in [5.74, 6) is -0.127. The Balaban J connectivity index is 2.32. The van der Waals surface area contributed by atoms with Gasteiger partial charge in [0.1, 0.15) is 5.82 Å². The molecule has 1 nitrogen and oxygen atoms in total. The van der Waals surface area contributed by atoms with Gasteiger partial charge in [0.15, 0.2) is 5.78 Å². The van der Waals surface area contributed by atoms with Crippen LogP contribution in [0.1, 0.15) is 18.4 Å². The van der Waals surface area contributed by atoms with Crippen LogP contribution >= 0.6 is 0 Å². The van der Waals surface area contributed by atoms with Crippen molar-refractivity contribution in [2.24, 2.45) is 0 Å². The average Bonchev–Trinajstić information content (AvgIpc) is 2.14. The topological polar surface area (TPSA) is 17.1 Å². The lowest BCUT2D eigenvalue weighted by atomic mass is 9.89. The third kappa shape index (κ3) is 1.52. The molecule has 1 fully saturated rings. The Hall–Kier alpha value is -1.44. The van der Waals surface area contributed by atoms with Gasteiger partial charge in [0.05, 0.1) is 0 Å². The summed E-state index contributed by atoms with van der Waals surface area (Å²) in [6.45, 7) is 0. The van der Waals surface area contributed by atoms with Crippen LogP contribution < -0.4 is 0 Å². The van der Waals surface area contributed by atoms with Gasteiger partial charge in [-0.2, -0.15) is 0 Å². The highest BCUT2D eigenvalue weighted by Crippen LogP contribution is 2.24. The number of benzene rings is 1. The maximum Gasteiger partial charge on any atom is 0.159 e. The Kier molecular flexibility index (Phi) is 1.97. The maximum absolute atomic E-state index is 13.1. The molecule has 0 radical (unpaired) electrons. The third-order valence-electron chi connectivity index (χ3n) is 2.21. The van der Waals surface area contributed by atoms with Gasteiger partial charge < -0.3 is 0 Å². The predicted octanol–water partition coefficient (Wildman–Crippen LogP) is 2.57. The van der Waals surface area contributed by atoms with Crippen molar-refractivity contribution in [2.75, 3.05) is 0 Å². The van der Waals surface area contributed by atoms with Crippen LogP contribution in [-0.4, -0.2) is 5.78 Å². The van der Waals surface area contributed by atoms with Crippen LogP contribution in [0.4, 0.5) is 4.39 Å². The molecule has 13 heavy (non-hydrogen) atoms. The van der Waals surface area contributed by atoms with Gasteiger partial charge in [-0.05, 0) is 24.1 Å². The fourth-order valence-corrected chi connectivity index (χ4v) is 1.30. The van der Waals surface area contributed by atoms with Crippen molar-refractivity contribution in [3.05, 3.63) is 41.2 Å². The molecule has 0 bridgehead atoms. The molecule has 1 aromatic carbocycles. The van der Waals surface area contributed by atoms with E-state index in [1.165, 1.54) is 6.07 Å². The number of ketones is 1. The van der Waals surface area contributed by atoms with E-state index in [1.807, 2.05) is 0 Å². The van der Waals surface area contributed by atoms with E-state index in [9.17, 15) is 9.18 Å². The number of carbonyl (C=O) groups is 1. The second-order valence-corrected chi connectivity index (χ2v) is 3.11. The molecule has 2 rings (SSSR count). The number of hydrogen-bond acceptors (Lipinski definition) is 1. The van der Waals surface area contributed by atoms with E-state index in [0.717, 1.165) is 12.0 Å². The van der Waals surface area contributed by atoms with E-state index in [1.54, 1.807) is 24.3 Å². The van der Waals surface area contributed by atoms with Crippen LogP contribution in [0.2, 0.25) is 0 Å². The quantitative estimate of drug-likeness (QED) is 0.601.